The lowest BCUT2D eigenvalue weighted by atomic mass is 10.1. The van der Waals surface area contributed by atoms with Crippen molar-refractivity contribution < 1.29 is 4.74 Å². The van der Waals surface area contributed by atoms with Crippen LogP contribution in [0.3, 0.4) is 0 Å². The number of ether oxygens (including phenoxy) is 1. The van der Waals surface area contributed by atoms with Crippen molar-refractivity contribution in [3.63, 3.8) is 0 Å². The minimum absolute atomic E-state index is 0.486. The molecule has 0 atom stereocenters. The minimum atomic E-state index is 0.486. The van der Waals surface area contributed by atoms with E-state index in [0.29, 0.717) is 12.4 Å². The fraction of sp³-hybridized carbons (Fsp3) is 0.0714. The van der Waals surface area contributed by atoms with E-state index in [-0.39, 0.29) is 0 Å². The molecular weight excluding hydrogens is 430 g/mol. The molecule has 1 N–H and O–H groups in total. The maximum atomic E-state index is 5.94. The predicted octanol–water partition coefficient (Wildman–Crippen LogP) is 7.58. The summed E-state index contributed by atoms with van der Waals surface area (Å²) in [5.41, 5.74) is 5.06. The Morgan fingerprint density at radius 1 is 0.818 bits per heavy atom. The first kappa shape index (κ1) is 21.0. The molecule has 0 aliphatic carbocycles. The van der Waals surface area contributed by atoms with Gasteiger partial charge in [-0.15, -0.1) is 0 Å². The van der Waals surface area contributed by atoms with Crippen molar-refractivity contribution >= 4 is 34.0 Å². The van der Waals surface area contributed by atoms with Gasteiger partial charge in [-0.3, -0.25) is 0 Å². The van der Waals surface area contributed by atoms with E-state index in [4.69, 9.17) is 26.3 Å². The number of halogens is 1. The molecule has 0 aliphatic heterocycles. The molecule has 0 aliphatic rings. The van der Waals surface area contributed by atoms with E-state index in [2.05, 4.69) is 24.4 Å². The Bertz CT molecular complexity index is 1400. The molecule has 0 radical (unpaired) electrons. The summed E-state index contributed by atoms with van der Waals surface area (Å²) in [6.45, 7) is 2.56. The van der Waals surface area contributed by atoms with E-state index in [1.165, 1.54) is 5.56 Å². The molecule has 4 aromatic carbocycles. The van der Waals surface area contributed by atoms with Gasteiger partial charge >= 0.3 is 0 Å². The van der Waals surface area contributed by atoms with Crippen molar-refractivity contribution in [3.05, 3.63) is 113 Å². The van der Waals surface area contributed by atoms with Crippen LogP contribution in [0.25, 0.3) is 22.3 Å². The lowest BCUT2D eigenvalue weighted by Crippen LogP contribution is -2.00. The van der Waals surface area contributed by atoms with Crippen molar-refractivity contribution in [2.75, 3.05) is 5.32 Å². The number of fused-ring (bicyclic) bond motifs is 1. The summed E-state index contributed by atoms with van der Waals surface area (Å²) < 4.78 is 5.90. The average Bonchev–Trinajstić information content (AvgIpc) is 2.84. The molecule has 5 heteroatoms. The topological polar surface area (TPSA) is 47.0 Å². The molecule has 0 saturated carbocycles. The second-order valence-corrected chi connectivity index (χ2v) is 8.28. The first-order valence-corrected chi connectivity index (χ1v) is 11.1. The first-order valence-electron chi connectivity index (χ1n) is 10.7. The van der Waals surface area contributed by atoms with Gasteiger partial charge in [0.15, 0.2) is 5.82 Å². The number of anilines is 2. The molecular formula is C28H22ClN3O. The van der Waals surface area contributed by atoms with Gasteiger partial charge in [-0.1, -0.05) is 59.6 Å². The Kier molecular flexibility index (Phi) is 5.92. The summed E-state index contributed by atoms with van der Waals surface area (Å²) in [5, 5.41) is 5.15. The molecule has 1 aromatic heterocycles. The molecule has 162 valence electrons. The van der Waals surface area contributed by atoms with Gasteiger partial charge in [-0.2, -0.15) is 0 Å². The minimum Gasteiger partial charge on any atom is -0.489 e. The fourth-order valence-electron chi connectivity index (χ4n) is 3.60. The number of rotatable bonds is 6. The van der Waals surface area contributed by atoms with Crippen LogP contribution in [0.1, 0.15) is 11.1 Å². The van der Waals surface area contributed by atoms with Gasteiger partial charge < -0.3 is 10.1 Å². The third kappa shape index (κ3) is 4.97. The van der Waals surface area contributed by atoms with E-state index < -0.39 is 0 Å². The SMILES string of the molecule is Cc1cccc(-c2nc(Nc3ccc(OCc4ccc(Cl)cc4)cc3)c3ccccc3n2)c1. The molecule has 4 nitrogen and oxygen atoms in total. The summed E-state index contributed by atoms with van der Waals surface area (Å²) in [6.07, 6.45) is 0. The second kappa shape index (κ2) is 9.31. The maximum Gasteiger partial charge on any atom is 0.162 e. The quantitative estimate of drug-likeness (QED) is 0.289. The number of para-hydroxylation sites is 1. The van der Waals surface area contributed by atoms with Crippen LogP contribution in [0.2, 0.25) is 5.02 Å². The van der Waals surface area contributed by atoms with E-state index in [9.17, 15) is 0 Å². The van der Waals surface area contributed by atoms with Crippen LogP contribution in [0.5, 0.6) is 5.75 Å². The van der Waals surface area contributed by atoms with E-state index >= 15 is 0 Å². The van der Waals surface area contributed by atoms with Crippen molar-refractivity contribution in [2.45, 2.75) is 13.5 Å². The Balaban J connectivity index is 1.38. The summed E-state index contributed by atoms with van der Waals surface area (Å²) in [7, 11) is 0. The van der Waals surface area contributed by atoms with Gasteiger partial charge in [0, 0.05) is 21.7 Å². The summed E-state index contributed by atoms with van der Waals surface area (Å²) in [4.78, 5) is 9.63. The van der Waals surface area contributed by atoms with Gasteiger partial charge in [0.2, 0.25) is 0 Å². The van der Waals surface area contributed by atoms with Gasteiger partial charge in [-0.05, 0) is 67.1 Å². The molecule has 0 bridgehead atoms. The number of nitrogens with one attached hydrogen (secondary N) is 1. The molecule has 0 spiro atoms. The summed E-state index contributed by atoms with van der Waals surface area (Å²) in [6, 6.07) is 31.8. The third-order valence-electron chi connectivity index (χ3n) is 5.32. The van der Waals surface area contributed by atoms with Gasteiger partial charge in [0.25, 0.3) is 0 Å². The van der Waals surface area contributed by atoms with Crippen LogP contribution in [0, 0.1) is 6.92 Å². The Labute approximate surface area is 197 Å². The van der Waals surface area contributed by atoms with Crippen LogP contribution in [-0.2, 0) is 6.61 Å². The monoisotopic (exact) mass is 451 g/mol. The zero-order chi connectivity index (χ0) is 22.6. The lowest BCUT2D eigenvalue weighted by molar-refractivity contribution is 0.306. The highest BCUT2D eigenvalue weighted by Gasteiger charge is 2.10. The highest BCUT2D eigenvalue weighted by atomic mass is 35.5. The zero-order valence-electron chi connectivity index (χ0n) is 18.1. The largest absolute Gasteiger partial charge is 0.489 e. The van der Waals surface area contributed by atoms with E-state index in [1.807, 2.05) is 84.9 Å². The van der Waals surface area contributed by atoms with Crippen LogP contribution < -0.4 is 10.1 Å². The fourth-order valence-corrected chi connectivity index (χ4v) is 3.73. The Morgan fingerprint density at radius 2 is 1.61 bits per heavy atom. The normalized spacial score (nSPS) is 10.8. The lowest BCUT2D eigenvalue weighted by Gasteiger charge is -2.12. The van der Waals surface area contributed by atoms with Gasteiger partial charge in [0.05, 0.1) is 5.52 Å². The molecule has 0 unspecified atom stereocenters. The smallest absolute Gasteiger partial charge is 0.162 e. The number of hydrogen-bond acceptors (Lipinski definition) is 4. The molecule has 0 amide bonds. The number of nitrogens with zero attached hydrogens (tertiary/aromatic N) is 2. The molecule has 0 saturated heterocycles. The van der Waals surface area contributed by atoms with Crippen molar-refractivity contribution in [1.82, 2.24) is 9.97 Å². The maximum absolute atomic E-state index is 5.94. The average molecular weight is 452 g/mol. The summed E-state index contributed by atoms with van der Waals surface area (Å²) >= 11 is 5.94. The number of aryl methyl sites for hydroxylation is 1. The Morgan fingerprint density at radius 3 is 2.39 bits per heavy atom. The first-order chi connectivity index (χ1) is 16.1. The zero-order valence-corrected chi connectivity index (χ0v) is 18.9. The molecule has 33 heavy (non-hydrogen) atoms. The summed E-state index contributed by atoms with van der Waals surface area (Å²) in [5.74, 6) is 2.26. The predicted molar refractivity (Wildman–Crippen MR) is 135 cm³/mol. The molecule has 1 heterocycles. The third-order valence-corrected chi connectivity index (χ3v) is 5.57. The molecule has 5 rings (SSSR count). The van der Waals surface area contributed by atoms with Gasteiger partial charge in [-0.25, -0.2) is 9.97 Å². The van der Waals surface area contributed by atoms with Crippen molar-refractivity contribution in [1.29, 1.82) is 0 Å². The number of hydrogen-bond donors (Lipinski definition) is 1. The Hall–Kier alpha value is -3.89. The number of benzene rings is 4. The molecule has 5 aromatic rings. The van der Waals surface area contributed by atoms with Crippen LogP contribution >= 0.6 is 11.6 Å². The highest BCUT2D eigenvalue weighted by Crippen LogP contribution is 2.28. The van der Waals surface area contributed by atoms with Crippen molar-refractivity contribution in [3.8, 4) is 17.1 Å². The number of aromatic nitrogens is 2. The van der Waals surface area contributed by atoms with Gasteiger partial charge in [0.1, 0.15) is 18.2 Å². The molecule has 0 fully saturated rings. The van der Waals surface area contributed by atoms with Crippen LogP contribution in [0.4, 0.5) is 11.5 Å². The van der Waals surface area contributed by atoms with Crippen molar-refractivity contribution in [2.24, 2.45) is 0 Å². The van der Waals surface area contributed by atoms with E-state index in [0.717, 1.165) is 44.3 Å². The second-order valence-electron chi connectivity index (χ2n) is 7.85. The van der Waals surface area contributed by atoms with E-state index in [1.54, 1.807) is 0 Å². The van der Waals surface area contributed by atoms with Crippen LogP contribution in [0.15, 0.2) is 97.1 Å². The van der Waals surface area contributed by atoms with Crippen LogP contribution in [-0.4, -0.2) is 9.97 Å². The highest BCUT2D eigenvalue weighted by molar-refractivity contribution is 6.30. The standard InChI is InChI=1S/C28H22ClN3O/c1-19-5-4-6-21(17-19)27-31-26-8-3-2-7-25(26)28(32-27)30-23-13-15-24(16-14-23)33-18-20-9-11-22(29)12-10-20/h2-17H,18H2,1H3,(H,30,31,32).